The third-order valence-electron chi connectivity index (χ3n) is 3.52. The van der Waals surface area contributed by atoms with Crippen LogP contribution in [0.15, 0.2) is 72.0 Å². The van der Waals surface area contributed by atoms with E-state index in [9.17, 15) is 4.79 Å². The Morgan fingerprint density at radius 1 is 1.00 bits per heavy atom. The molecule has 3 aromatic rings. The molecule has 4 nitrogen and oxygen atoms in total. The number of carbonyl (C=O) groups excluding carboxylic acids is 1. The molecule has 0 radical (unpaired) electrons. The topological polar surface area (TPSA) is 60.9 Å². The maximum absolute atomic E-state index is 11.7. The van der Waals surface area contributed by atoms with Crippen LogP contribution in [0.1, 0.15) is 27.7 Å². The predicted molar refractivity (Wildman–Crippen MR) is 88.1 cm³/mol. The molecule has 0 atom stereocenters. The van der Waals surface area contributed by atoms with Gasteiger partial charge in [0.05, 0.1) is 12.2 Å². The van der Waals surface area contributed by atoms with Gasteiger partial charge in [0, 0.05) is 0 Å². The third-order valence-corrected chi connectivity index (χ3v) is 3.85. The summed E-state index contributed by atoms with van der Waals surface area (Å²) in [5, 5.41) is 0.450. The quantitative estimate of drug-likeness (QED) is 0.728. The Bertz CT molecular complexity index is 745. The summed E-state index contributed by atoms with van der Waals surface area (Å²) in [4.78, 5) is 15.9. The van der Waals surface area contributed by atoms with Crippen molar-refractivity contribution in [3.05, 3.63) is 83.7 Å². The smallest absolute Gasteiger partial charge is 0.267 e. The highest BCUT2D eigenvalue weighted by Gasteiger charge is 2.23. The number of aromatic nitrogens is 2. The highest BCUT2D eigenvalue weighted by Crippen LogP contribution is 2.30. The molecule has 1 amide bonds. The third kappa shape index (κ3) is 2.63. The van der Waals surface area contributed by atoms with Crippen molar-refractivity contribution in [3.8, 4) is 0 Å². The van der Waals surface area contributed by atoms with Crippen LogP contribution in [0, 0.1) is 0 Å². The Labute approximate surface area is 134 Å². The van der Waals surface area contributed by atoms with Gasteiger partial charge in [-0.1, -0.05) is 60.7 Å². The molecule has 3 rings (SSSR count). The van der Waals surface area contributed by atoms with Crippen molar-refractivity contribution in [1.82, 2.24) is 9.55 Å². The van der Waals surface area contributed by atoms with Gasteiger partial charge >= 0.3 is 0 Å². The number of amides is 1. The fourth-order valence-electron chi connectivity index (χ4n) is 2.55. The van der Waals surface area contributed by atoms with Gasteiger partial charge in [0.25, 0.3) is 5.91 Å². The molecule has 1 aromatic heterocycles. The molecule has 0 unspecified atom stereocenters. The highest BCUT2D eigenvalue weighted by molar-refractivity contribution is 7.80. The Kier molecular flexibility index (Phi) is 3.98. The number of nitrogens with two attached hydrogens (primary N) is 1. The minimum Gasteiger partial charge on any atom is -0.364 e. The number of rotatable bonds is 4. The highest BCUT2D eigenvalue weighted by atomic mass is 32.1. The van der Waals surface area contributed by atoms with E-state index in [1.54, 1.807) is 4.57 Å². The zero-order valence-electron chi connectivity index (χ0n) is 11.8. The summed E-state index contributed by atoms with van der Waals surface area (Å²) in [6, 6.07) is 19.6. The monoisotopic (exact) mass is 309 g/mol. The van der Waals surface area contributed by atoms with Crippen molar-refractivity contribution in [2.24, 2.45) is 5.73 Å². The molecule has 0 spiro atoms. The lowest BCUT2D eigenvalue weighted by Crippen LogP contribution is -2.22. The fraction of sp³-hybridized carbons (Fsp3) is 0.0588. The summed E-state index contributed by atoms with van der Waals surface area (Å²) >= 11 is 4.40. The van der Waals surface area contributed by atoms with Crippen LogP contribution < -0.4 is 5.73 Å². The Morgan fingerprint density at radius 3 is 1.95 bits per heavy atom. The molecule has 22 heavy (non-hydrogen) atoms. The number of imidazole rings is 1. The summed E-state index contributed by atoms with van der Waals surface area (Å²) in [6.07, 6.45) is 1.46. The van der Waals surface area contributed by atoms with Crippen molar-refractivity contribution in [1.29, 1.82) is 0 Å². The van der Waals surface area contributed by atoms with Crippen LogP contribution in [0.3, 0.4) is 0 Å². The molecular weight excluding hydrogens is 294 g/mol. The lowest BCUT2D eigenvalue weighted by Gasteiger charge is -2.22. The van der Waals surface area contributed by atoms with Gasteiger partial charge in [-0.3, -0.25) is 4.79 Å². The molecule has 0 saturated heterocycles. The van der Waals surface area contributed by atoms with Gasteiger partial charge in [0.2, 0.25) is 0 Å². The number of primary amides is 1. The van der Waals surface area contributed by atoms with E-state index in [-0.39, 0.29) is 6.04 Å². The van der Waals surface area contributed by atoms with Crippen molar-refractivity contribution in [3.63, 3.8) is 0 Å². The molecule has 0 saturated carbocycles. The summed E-state index contributed by atoms with van der Waals surface area (Å²) in [5.74, 6) is -0.523. The van der Waals surface area contributed by atoms with E-state index in [1.165, 1.54) is 6.20 Å². The van der Waals surface area contributed by atoms with Gasteiger partial charge in [-0.15, -0.1) is 12.6 Å². The second kappa shape index (κ2) is 6.07. The van der Waals surface area contributed by atoms with E-state index in [2.05, 4.69) is 17.6 Å². The normalized spacial score (nSPS) is 10.8. The second-order valence-corrected chi connectivity index (χ2v) is 5.30. The molecule has 0 aliphatic rings. The molecular formula is C17H15N3OS. The summed E-state index contributed by atoms with van der Waals surface area (Å²) < 4.78 is 1.76. The summed E-state index contributed by atoms with van der Waals surface area (Å²) in [6.45, 7) is 0. The zero-order valence-corrected chi connectivity index (χ0v) is 12.6. The van der Waals surface area contributed by atoms with Gasteiger partial charge in [-0.05, 0) is 11.1 Å². The SMILES string of the molecule is NC(=O)c1cnc(S)n1C(c1ccccc1)c1ccccc1. The van der Waals surface area contributed by atoms with E-state index >= 15 is 0 Å². The van der Waals surface area contributed by atoms with Crippen LogP contribution in [0.2, 0.25) is 0 Å². The van der Waals surface area contributed by atoms with Crippen molar-refractivity contribution >= 4 is 18.5 Å². The Morgan fingerprint density at radius 2 is 1.50 bits per heavy atom. The van der Waals surface area contributed by atoms with E-state index in [0.717, 1.165) is 11.1 Å². The number of thiol groups is 1. The van der Waals surface area contributed by atoms with E-state index < -0.39 is 5.91 Å². The lowest BCUT2D eigenvalue weighted by atomic mass is 9.98. The average Bonchev–Trinajstić information content (AvgIpc) is 2.92. The van der Waals surface area contributed by atoms with E-state index in [4.69, 9.17) is 5.73 Å². The molecule has 1 heterocycles. The first-order valence-corrected chi connectivity index (χ1v) is 7.29. The summed E-state index contributed by atoms with van der Waals surface area (Å²) in [5.41, 5.74) is 7.89. The maximum atomic E-state index is 11.7. The van der Waals surface area contributed by atoms with Crippen LogP contribution >= 0.6 is 12.6 Å². The van der Waals surface area contributed by atoms with Crippen LogP contribution in [0.25, 0.3) is 0 Å². The van der Waals surface area contributed by atoms with Gasteiger partial charge in [0.1, 0.15) is 5.69 Å². The van der Waals surface area contributed by atoms with Crippen molar-refractivity contribution < 1.29 is 4.79 Å². The minimum absolute atomic E-state index is 0.208. The molecule has 2 N–H and O–H groups in total. The summed E-state index contributed by atoms with van der Waals surface area (Å²) in [7, 11) is 0. The van der Waals surface area contributed by atoms with Gasteiger partial charge in [-0.25, -0.2) is 4.98 Å². The van der Waals surface area contributed by atoms with Crippen molar-refractivity contribution in [2.75, 3.05) is 0 Å². The fourth-order valence-corrected chi connectivity index (χ4v) is 2.83. The Balaban J connectivity index is 2.24. The van der Waals surface area contributed by atoms with Gasteiger partial charge in [-0.2, -0.15) is 0 Å². The molecule has 0 fully saturated rings. The number of hydrogen-bond acceptors (Lipinski definition) is 3. The predicted octanol–water partition coefficient (Wildman–Crippen LogP) is 2.91. The number of carbonyl (C=O) groups is 1. The van der Waals surface area contributed by atoms with E-state index in [0.29, 0.717) is 10.9 Å². The maximum Gasteiger partial charge on any atom is 0.267 e. The van der Waals surface area contributed by atoms with Gasteiger partial charge < -0.3 is 10.3 Å². The second-order valence-electron chi connectivity index (χ2n) is 4.90. The lowest BCUT2D eigenvalue weighted by molar-refractivity contribution is 0.0990. The van der Waals surface area contributed by atoms with Crippen LogP contribution in [0.5, 0.6) is 0 Å². The molecule has 110 valence electrons. The number of hydrogen-bond donors (Lipinski definition) is 2. The van der Waals surface area contributed by atoms with Crippen molar-refractivity contribution in [2.45, 2.75) is 11.2 Å². The first-order valence-electron chi connectivity index (χ1n) is 6.84. The van der Waals surface area contributed by atoms with Crippen LogP contribution in [-0.4, -0.2) is 15.5 Å². The first kappa shape index (κ1) is 14.4. The molecule has 5 heteroatoms. The molecule has 0 aliphatic carbocycles. The number of nitrogens with zero attached hydrogens (tertiary/aromatic N) is 2. The number of benzene rings is 2. The minimum atomic E-state index is -0.523. The molecule has 0 bridgehead atoms. The van der Waals surface area contributed by atoms with E-state index in [1.807, 2.05) is 60.7 Å². The average molecular weight is 309 g/mol. The standard InChI is InChI=1S/C17H15N3OS/c18-16(21)14-11-19-17(22)20(14)15(12-7-3-1-4-8-12)13-9-5-2-6-10-13/h1-11,15H,(H2,18,21)(H,19,22). The first-order chi connectivity index (χ1) is 10.7. The largest absolute Gasteiger partial charge is 0.364 e. The molecule has 2 aromatic carbocycles. The van der Waals surface area contributed by atoms with Crippen LogP contribution in [0.4, 0.5) is 0 Å². The zero-order chi connectivity index (χ0) is 15.5. The van der Waals surface area contributed by atoms with Crippen LogP contribution in [-0.2, 0) is 0 Å². The Hall–Kier alpha value is -2.53. The molecule has 0 aliphatic heterocycles. The van der Waals surface area contributed by atoms with Gasteiger partial charge in [0.15, 0.2) is 5.16 Å².